The lowest BCUT2D eigenvalue weighted by Gasteiger charge is -2.32. The number of benzene rings is 1. The molecule has 0 aliphatic carbocycles. The van der Waals surface area contributed by atoms with Crippen molar-refractivity contribution in [2.24, 2.45) is 0 Å². The maximum Gasteiger partial charge on any atom is 0.331 e. The molecule has 0 spiro atoms. The Labute approximate surface area is 172 Å². The standard InChI is InChI=1S/C21H32ClNO5/c1-13(27-20(3,4)5)17(19(25)28-21(6,7)8)23-18(24)14(2)26-16-11-9-10-15(22)12-16/h9-14,17H,1-8H3,(H,23,24)/t13-,14-,17+/m0/s1. The Morgan fingerprint density at radius 2 is 1.64 bits per heavy atom. The number of hydrogen-bond acceptors (Lipinski definition) is 5. The van der Waals surface area contributed by atoms with Crippen molar-refractivity contribution in [1.29, 1.82) is 0 Å². The quantitative estimate of drug-likeness (QED) is 0.680. The van der Waals surface area contributed by atoms with E-state index in [4.69, 9.17) is 25.8 Å². The van der Waals surface area contributed by atoms with Gasteiger partial charge in [0.25, 0.3) is 5.91 Å². The molecule has 0 heterocycles. The van der Waals surface area contributed by atoms with E-state index in [0.717, 1.165) is 0 Å². The van der Waals surface area contributed by atoms with Crippen molar-refractivity contribution in [3.05, 3.63) is 29.3 Å². The Balaban J connectivity index is 2.90. The van der Waals surface area contributed by atoms with E-state index in [9.17, 15) is 9.59 Å². The molecule has 0 saturated carbocycles. The first-order chi connectivity index (χ1) is 12.7. The molecular weight excluding hydrogens is 382 g/mol. The SMILES string of the molecule is C[C@H](Oc1cccc(Cl)c1)C(=O)N[C@@H](C(=O)OC(C)(C)C)[C@H](C)OC(C)(C)C. The minimum Gasteiger partial charge on any atom is -0.481 e. The zero-order chi connectivity index (χ0) is 21.7. The Morgan fingerprint density at radius 1 is 1.04 bits per heavy atom. The maximum absolute atomic E-state index is 12.7. The smallest absolute Gasteiger partial charge is 0.331 e. The number of hydrogen-bond donors (Lipinski definition) is 1. The van der Waals surface area contributed by atoms with Crippen LogP contribution in [0.25, 0.3) is 0 Å². The number of rotatable bonds is 7. The average molecular weight is 414 g/mol. The van der Waals surface area contributed by atoms with Crippen LogP contribution in [0.2, 0.25) is 5.02 Å². The zero-order valence-corrected chi connectivity index (χ0v) is 18.7. The molecule has 1 N–H and O–H groups in total. The third-order valence-corrected chi connectivity index (χ3v) is 3.68. The van der Waals surface area contributed by atoms with Gasteiger partial charge in [0, 0.05) is 5.02 Å². The highest BCUT2D eigenvalue weighted by Gasteiger charge is 2.35. The van der Waals surface area contributed by atoms with Crippen molar-refractivity contribution in [1.82, 2.24) is 5.32 Å². The van der Waals surface area contributed by atoms with E-state index in [2.05, 4.69) is 5.32 Å². The van der Waals surface area contributed by atoms with Gasteiger partial charge >= 0.3 is 5.97 Å². The second kappa shape index (κ2) is 9.61. The summed E-state index contributed by atoms with van der Waals surface area (Å²) in [6.07, 6.45) is -1.44. The van der Waals surface area contributed by atoms with Crippen molar-refractivity contribution in [2.45, 2.75) is 84.8 Å². The van der Waals surface area contributed by atoms with Crippen LogP contribution in [-0.2, 0) is 19.1 Å². The van der Waals surface area contributed by atoms with Gasteiger partial charge in [-0.2, -0.15) is 0 Å². The Bertz CT molecular complexity index is 678. The van der Waals surface area contributed by atoms with Crippen molar-refractivity contribution in [3.63, 3.8) is 0 Å². The second-order valence-electron chi connectivity index (χ2n) is 8.67. The summed E-state index contributed by atoms with van der Waals surface area (Å²) in [6.45, 7) is 14.3. The van der Waals surface area contributed by atoms with E-state index >= 15 is 0 Å². The van der Waals surface area contributed by atoms with Gasteiger partial charge in [0.2, 0.25) is 0 Å². The van der Waals surface area contributed by atoms with Gasteiger partial charge in [-0.25, -0.2) is 4.79 Å². The molecule has 0 fully saturated rings. The fraction of sp³-hybridized carbons (Fsp3) is 0.619. The summed E-state index contributed by atoms with van der Waals surface area (Å²) < 4.78 is 17.0. The summed E-state index contributed by atoms with van der Waals surface area (Å²) in [5.41, 5.74) is -1.18. The van der Waals surface area contributed by atoms with Gasteiger partial charge in [0.05, 0.1) is 11.7 Å². The third-order valence-electron chi connectivity index (χ3n) is 3.45. The highest BCUT2D eigenvalue weighted by molar-refractivity contribution is 6.30. The maximum atomic E-state index is 12.7. The number of ether oxygens (including phenoxy) is 3. The number of amides is 1. The van der Waals surface area contributed by atoms with Crippen molar-refractivity contribution in [3.8, 4) is 5.75 Å². The normalized spacial score (nSPS) is 15.3. The first kappa shape index (κ1) is 24.2. The summed E-state index contributed by atoms with van der Waals surface area (Å²) in [6, 6.07) is 5.78. The van der Waals surface area contributed by atoms with Crippen molar-refractivity contribution >= 4 is 23.5 Å². The Kier molecular flexibility index (Phi) is 8.32. The average Bonchev–Trinajstić information content (AvgIpc) is 2.48. The molecule has 0 aliphatic heterocycles. The molecular formula is C21H32ClNO5. The molecule has 0 aliphatic rings. The largest absolute Gasteiger partial charge is 0.481 e. The van der Waals surface area contributed by atoms with Crippen LogP contribution in [0.4, 0.5) is 0 Å². The van der Waals surface area contributed by atoms with E-state index in [1.54, 1.807) is 58.9 Å². The van der Waals surface area contributed by atoms with Crippen LogP contribution in [0.3, 0.4) is 0 Å². The first-order valence-electron chi connectivity index (χ1n) is 9.31. The topological polar surface area (TPSA) is 73.9 Å². The molecule has 0 bridgehead atoms. The molecule has 1 aromatic carbocycles. The minimum absolute atomic E-state index is 0.458. The zero-order valence-electron chi connectivity index (χ0n) is 18.0. The summed E-state index contributed by atoms with van der Waals surface area (Å²) >= 11 is 5.94. The molecule has 6 nitrogen and oxygen atoms in total. The lowest BCUT2D eigenvalue weighted by molar-refractivity contribution is -0.166. The molecule has 1 amide bonds. The molecule has 28 heavy (non-hydrogen) atoms. The fourth-order valence-electron chi connectivity index (χ4n) is 2.43. The highest BCUT2D eigenvalue weighted by Crippen LogP contribution is 2.19. The molecule has 1 rings (SSSR count). The van der Waals surface area contributed by atoms with Gasteiger partial charge in [-0.3, -0.25) is 4.79 Å². The molecule has 0 aromatic heterocycles. The summed E-state index contributed by atoms with van der Waals surface area (Å²) in [7, 11) is 0. The van der Waals surface area contributed by atoms with Crippen LogP contribution in [0.5, 0.6) is 5.75 Å². The van der Waals surface area contributed by atoms with E-state index in [-0.39, 0.29) is 0 Å². The van der Waals surface area contributed by atoms with Crippen LogP contribution in [0.15, 0.2) is 24.3 Å². The summed E-state index contributed by atoms with van der Waals surface area (Å²) in [5, 5.41) is 3.20. The fourth-order valence-corrected chi connectivity index (χ4v) is 2.61. The minimum atomic E-state index is -0.976. The number of esters is 1. The predicted octanol–water partition coefficient (Wildman–Crippen LogP) is 4.14. The van der Waals surface area contributed by atoms with E-state index < -0.39 is 41.3 Å². The summed E-state index contributed by atoms with van der Waals surface area (Å²) in [4.78, 5) is 25.3. The third kappa shape index (κ3) is 8.93. The van der Waals surface area contributed by atoms with E-state index in [0.29, 0.717) is 10.8 Å². The molecule has 7 heteroatoms. The molecule has 0 saturated heterocycles. The van der Waals surface area contributed by atoms with Crippen LogP contribution >= 0.6 is 11.6 Å². The van der Waals surface area contributed by atoms with Gasteiger partial charge in [-0.15, -0.1) is 0 Å². The lowest BCUT2D eigenvalue weighted by atomic mass is 10.1. The summed E-state index contributed by atoms with van der Waals surface area (Å²) in [5.74, 6) is -0.560. The van der Waals surface area contributed by atoms with Crippen molar-refractivity contribution < 1.29 is 23.8 Å². The van der Waals surface area contributed by atoms with Crippen LogP contribution in [-0.4, -0.2) is 41.3 Å². The van der Waals surface area contributed by atoms with Crippen molar-refractivity contribution in [2.75, 3.05) is 0 Å². The highest BCUT2D eigenvalue weighted by atomic mass is 35.5. The van der Waals surface area contributed by atoms with Gasteiger partial charge in [-0.05, 0) is 73.6 Å². The lowest BCUT2D eigenvalue weighted by Crippen LogP contribution is -2.54. The van der Waals surface area contributed by atoms with Gasteiger partial charge in [0.15, 0.2) is 12.1 Å². The van der Waals surface area contributed by atoms with E-state index in [1.165, 1.54) is 0 Å². The Morgan fingerprint density at radius 3 is 2.14 bits per heavy atom. The predicted molar refractivity (Wildman–Crippen MR) is 110 cm³/mol. The van der Waals surface area contributed by atoms with E-state index in [1.807, 2.05) is 20.8 Å². The van der Waals surface area contributed by atoms with Gasteiger partial charge in [0.1, 0.15) is 11.4 Å². The van der Waals surface area contributed by atoms with Gasteiger partial charge in [-0.1, -0.05) is 17.7 Å². The molecule has 158 valence electrons. The molecule has 0 unspecified atom stereocenters. The second-order valence-corrected chi connectivity index (χ2v) is 9.11. The van der Waals surface area contributed by atoms with Gasteiger partial charge < -0.3 is 19.5 Å². The van der Waals surface area contributed by atoms with Crippen LogP contribution in [0.1, 0.15) is 55.4 Å². The van der Waals surface area contributed by atoms with Crippen LogP contribution in [0, 0.1) is 0 Å². The number of halogens is 1. The number of carbonyl (C=O) groups is 2. The monoisotopic (exact) mass is 413 g/mol. The number of carbonyl (C=O) groups excluding carboxylic acids is 2. The first-order valence-corrected chi connectivity index (χ1v) is 9.69. The number of nitrogens with one attached hydrogen (secondary N) is 1. The van der Waals surface area contributed by atoms with Crippen LogP contribution < -0.4 is 10.1 Å². The molecule has 0 radical (unpaired) electrons. The Hall–Kier alpha value is -1.79. The molecule has 1 aromatic rings. The molecule has 3 atom stereocenters.